The number of phenols is 1. The van der Waals surface area contributed by atoms with E-state index >= 15 is 0 Å². The molecule has 168 valence electrons. The monoisotopic (exact) mass is 441 g/mol. The van der Waals surface area contributed by atoms with Gasteiger partial charge < -0.3 is 20.3 Å². The minimum atomic E-state index is 0.114. The molecule has 1 fully saturated rings. The van der Waals surface area contributed by atoms with Crippen molar-refractivity contribution in [1.29, 1.82) is 0 Å². The number of anilines is 1. The molecule has 1 saturated heterocycles. The van der Waals surface area contributed by atoms with E-state index in [1.54, 1.807) is 12.1 Å². The van der Waals surface area contributed by atoms with Crippen LogP contribution in [0.15, 0.2) is 42.7 Å². The van der Waals surface area contributed by atoms with Gasteiger partial charge in [-0.3, -0.25) is 4.98 Å². The molecule has 3 N–H and O–H groups in total. The van der Waals surface area contributed by atoms with Crippen molar-refractivity contribution in [1.82, 2.24) is 30.5 Å². The molecule has 0 aliphatic carbocycles. The van der Waals surface area contributed by atoms with Gasteiger partial charge in [-0.25, -0.2) is 4.98 Å². The van der Waals surface area contributed by atoms with Crippen LogP contribution in [-0.4, -0.2) is 49.9 Å². The summed E-state index contributed by atoms with van der Waals surface area (Å²) in [5.74, 6) is 1.61. The highest BCUT2D eigenvalue weighted by Gasteiger charge is 2.30. The van der Waals surface area contributed by atoms with E-state index in [9.17, 15) is 5.11 Å². The Morgan fingerprint density at radius 2 is 1.91 bits per heavy atom. The van der Waals surface area contributed by atoms with E-state index in [2.05, 4.69) is 32.3 Å². The minimum Gasteiger partial charge on any atom is -0.507 e. The van der Waals surface area contributed by atoms with E-state index in [-0.39, 0.29) is 11.8 Å². The predicted octanol–water partition coefficient (Wildman–Crippen LogP) is 3.71. The van der Waals surface area contributed by atoms with Crippen molar-refractivity contribution in [3.63, 3.8) is 0 Å². The maximum atomic E-state index is 10.3. The molecule has 6 rings (SSSR count). The molecule has 1 atom stereocenters. The number of para-hydroxylation sites is 1. The van der Waals surface area contributed by atoms with Gasteiger partial charge in [0.1, 0.15) is 11.6 Å². The third-order valence-electron chi connectivity index (χ3n) is 7.06. The van der Waals surface area contributed by atoms with Gasteiger partial charge in [-0.2, -0.15) is 0 Å². The predicted molar refractivity (Wildman–Crippen MR) is 127 cm³/mol. The highest BCUT2D eigenvalue weighted by Crippen LogP contribution is 2.38. The second kappa shape index (κ2) is 8.12. The summed E-state index contributed by atoms with van der Waals surface area (Å²) in [5.41, 5.74) is 5.63. The van der Waals surface area contributed by atoms with Gasteiger partial charge in [0, 0.05) is 41.1 Å². The Morgan fingerprint density at radius 1 is 1.06 bits per heavy atom. The molecule has 0 amide bonds. The number of aromatic amines is 1. The number of nitrogens with zero attached hydrogens (tertiary/aromatic N) is 5. The van der Waals surface area contributed by atoms with Gasteiger partial charge in [-0.1, -0.05) is 12.1 Å². The lowest BCUT2D eigenvalue weighted by molar-refractivity contribution is 0.452. The van der Waals surface area contributed by atoms with Crippen LogP contribution in [0, 0.1) is 0 Å². The van der Waals surface area contributed by atoms with Crippen molar-refractivity contribution < 1.29 is 5.11 Å². The van der Waals surface area contributed by atoms with Gasteiger partial charge in [-0.15, -0.1) is 10.2 Å². The van der Waals surface area contributed by atoms with Crippen molar-refractivity contribution in [2.45, 2.75) is 38.1 Å². The summed E-state index contributed by atoms with van der Waals surface area (Å²) in [7, 11) is 0. The quantitative estimate of drug-likeness (QED) is 0.445. The number of piperidine rings is 1. The first-order chi connectivity index (χ1) is 16.2. The van der Waals surface area contributed by atoms with Crippen LogP contribution in [-0.2, 0) is 6.42 Å². The number of hydrogen-bond donors (Lipinski definition) is 3. The molecule has 33 heavy (non-hydrogen) atoms. The molecule has 8 nitrogen and oxygen atoms in total. The lowest BCUT2D eigenvalue weighted by Gasteiger charge is -2.34. The Kier molecular flexibility index (Phi) is 4.95. The largest absolute Gasteiger partial charge is 0.507 e. The molecule has 0 radical (unpaired) electrons. The molecule has 4 aromatic rings. The first-order valence-corrected chi connectivity index (χ1v) is 11.6. The zero-order valence-corrected chi connectivity index (χ0v) is 18.6. The standard InChI is InChI=1S/C25H27N7O/c1-15-24-18-12-20(17-4-2-3-5-22(17)33)30-31-25(18)29-19(24)8-11-32(15)23-14-27-21(13-28-23)16-6-9-26-10-7-16/h2-5,12-16,26,33H,6-11H2,1H3,(H,29,31)/t15-/m1/s1. The van der Waals surface area contributed by atoms with Crippen molar-refractivity contribution in [3.8, 4) is 17.0 Å². The minimum absolute atomic E-state index is 0.114. The summed E-state index contributed by atoms with van der Waals surface area (Å²) < 4.78 is 0. The average Bonchev–Trinajstić information content (AvgIpc) is 3.24. The number of fused-ring (bicyclic) bond motifs is 3. The lowest BCUT2D eigenvalue weighted by atomic mass is 9.95. The summed E-state index contributed by atoms with van der Waals surface area (Å²) in [6.07, 6.45) is 7.01. The molecular formula is C25H27N7O. The number of H-pyrrole nitrogens is 1. The topological polar surface area (TPSA) is 103 Å². The molecule has 3 aromatic heterocycles. The molecule has 1 aromatic carbocycles. The molecule has 0 bridgehead atoms. The first kappa shape index (κ1) is 20.1. The summed E-state index contributed by atoms with van der Waals surface area (Å²) in [4.78, 5) is 15.4. The number of benzene rings is 1. The maximum absolute atomic E-state index is 10.3. The number of hydrogen-bond acceptors (Lipinski definition) is 7. The fraction of sp³-hybridized carbons (Fsp3) is 0.360. The highest BCUT2D eigenvalue weighted by molar-refractivity contribution is 5.86. The SMILES string of the molecule is C[C@@H]1c2c([nH]c3nnc(-c4ccccc4O)cc23)CCN1c1cnc(C2CCNCC2)cn1. The van der Waals surface area contributed by atoms with Crippen LogP contribution in [0.25, 0.3) is 22.3 Å². The lowest BCUT2D eigenvalue weighted by Crippen LogP contribution is -2.34. The van der Waals surface area contributed by atoms with Crippen LogP contribution in [0.5, 0.6) is 5.75 Å². The van der Waals surface area contributed by atoms with Crippen molar-refractivity contribution >= 4 is 16.9 Å². The number of rotatable bonds is 3. The molecule has 8 heteroatoms. The van der Waals surface area contributed by atoms with E-state index in [4.69, 9.17) is 9.97 Å². The van der Waals surface area contributed by atoms with E-state index in [0.717, 1.165) is 61.4 Å². The van der Waals surface area contributed by atoms with E-state index < -0.39 is 0 Å². The van der Waals surface area contributed by atoms with E-state index in [0.29, 0.717) is 17.2 Å². The Morgan fingerprint density at radius 3 is 2.70 bits per heavy atom. The summed E-state index contributed by atoms with van der Waals surface area (Å²) in [5, 5.41) is 23.5. The average molecular weight is 442 g/mol. The van der Waals surface area contributed by atoms with Crippen LogP contribution in [0.3, 0.4) is 0 Å². The van der Waals surface area contributed by atoms with Crippen LogP contribution >= 0.6 is 0 Å². The number of aromatic nitrogens is 5. The zero-order valence-electron chi connectivity index (χ0n) is 18.6. The Bertz CT molecular complexity index is 1290. The van der Waals surface area contributed by atoms with Gasteiger partial charge in [-0.05, 0) is 51.1 Å². The molecule has 2 aliphatic rings. The van der Waals surface area contributed by atoms with Gasteiger partial charge in [0.05, 0.1) is 29.8 Å². The number of nitrogens with one attached hydrogen (secondary N) is 2. The first-order valence-electron chi connectivity index (χ1n) is 11.6. The second-order valence-electron chi connectivity index (χ2n) is 8.97. The molecule has 5 heterocycles. The van der Waals surface area contributed by atoms with Gasteiger partial charge in [0.25, 0.3) is 0 Å². The molecule has 0 saturated carbocycles. The van der Waals surface area contributed by atoms with Crippen molar-refractivity contribution in [2.75, 3.05) is 24.5 Å². The van der Waals surface area contributed by atoms with Crippen LogP contribution in [0.1, 0.15) is 48.7 Å². The highest BCUT2D eigenvalue weighted by atomic mass is 16.3. The Balaban J connectivity index is 1.33. The summed E-state index contributed by atoms with van der Waals surface area (Å²) in [6, 6.07) is 9.37. The fourth-order valence-corrected chi connectivity index (χ4v) is 5.26. The zero-order chi connectivity index (χ0) is 22.4. The van der Waals surface area contributed by atoms with Gasteiger partial charge in [0.15, 0.2) is 5.65 Å². The van der Waals surface area contributed by atoms with Crippen LogP contribution < -0.4 is 10.2 Å². The summed E-state index contributed by atoms with van der Waals surface area (Å²) in [6.45, 7) is 5.16. The third kappa shape index (κ3) is 3.51. The fourth-order valence-electron chi connectivity index (χ4n) is 5.26. The third-order valence-corrected chi connectivity index (χ3v) is 7.06. The molecule has 2 aliphatic heterocycles. The van der Waals surface area contributed by atoms with Gasteiger partial charge >= 0.3 is 0 Å². The number of aromatic hydroxyl groups is 1. The smallest absolute Gasteiger partial charge is 0.160 e. The summed E-state index contributed by atoms with van der Waals surface area (Å²) >= 11 is 0. The van der Waals surface area contributed by atoms with Crippen molar-refractivity contribution in [3.05, 3.63) is 59.7 Å². The van der Waals surface area contributed by atoms with Crippen LogP contribution in [0.4, 0.5) is 5.82 Å². The van der Waals surface area contributed by atoms with Gasteiger partial charge in [0.2, 0.25) is 0 Å². The number of phenolic OH excluding ortho intramolecular Hbond substituents is 1. The van der Waals surface area contributed by atoms with Crippen molar-refractivity contribution in [2.24, 2.45) is 0 Å². The normalized spacial score (nSPS) is 19.1. The Labute approximate surface area is 192 Å². The molecule has 0 spiro atoms. The molecule has 0 unspecified atom stereocenters. The Hall–Kier alpha value is -3.52. The van der Waals surface area contributed by atoms with E-state index in [1.807, 2.05) is 30.6 Å². The maximum Gasteiger partial charge on any atom is 0.160 e. The van der Waals surface area contributed by atoms with E-state index in [1.165, 1.54) is 11.3 Å². The molecular weight excluding hydrogens is 414 g/mol. The van der Waals surface area contributed by atoms with Crippen LogP contribution in [0.2, 0.25) is 0 Å². The second-order valence-corrected chi connectivity index (χ2v) is 8.97.